The maximum Gasteiger partial charge on any atom is 0.184 e. The monoisotopic (exact) mass is 149 g/mol. The number of aliphatic hydroxyl groups excluding tert-OH is 3. The molecular weight excluding hydrogens is 138 g/mol. The van der Waals surface area contributed by atoms with Crippen LogP contribution in [0.15, 0.2) is 0 Å². The zero-order valence-electron chi connectivity index (χ0n) is 5.34. The maximum absolute atomic E-state index is 9.01. The molecule has 5 heteroatoms. The van der Waals surface area contributed by atoms with E-state index in [2.05, 4.69) is 4.74 Å². The number of aliphatic hydroxyl groups is 3. The fourth-order valence-corrected chi connectivity index (χ4v) is 0.924. The van der Waals surface area contributed by atoms with Crippen molar-refractivity contribution in [3.8, 4) is 0 Å². The molecule has 10 heavy (non-hydrogen) atoms. The first-order valence-electron chi connectivity index (χ1n) is 3.06. The van der Waals surface area contributed by atoms with E-state index in [0.717, 1.165) is 0 Å². The lowest BCUT2D eigenvalue weighted by molar-refractivity contribution is -0.125. The summed E-state index contributed by atoms with van der Waals surface area (Å²) in [7, 11) is 0. The molecule has 5 N–H and O–H groups in total. The van der Waals surface area contributed by atoms with Gasteiger partial charge in [0.1, 0.15) is 18.3 Å². The Balaban J connectivity index is 2.53. The fraction of sp³-hybridized carbons (Fsp3) is 1.00. The van der Waals surface area contributed by atoms with Crippen molar-refractivity contribution >= 4 is 0 Å². The summed E-state index contributed by atoms with van der Waals surface area (Å²) >= 11 is 0. The van der Waals surface area contributed by atoms with Crippen LogP contribution in [0.1, 0.15) is 0 Å². The first-order valence-corrected chi connectivity index (χ1v) is 3.06. The van der Waals surface area contributed by atoms with Crippen LogP contribution >= 0.6 is 0 Å². The van der Waals surface area contributed by atoms with E-state index in [4.69, 9.17) is 21.1 Å². The Labute approximate surface area is 58.0 Å². The molecular formula is C5H11NO4. The van der Waals surface area contributed by atoms with E-state index >= 15 is 0 Å². The van der Waals surface area contributed by atoms with Gasteiger partial charge in [-0.05, 0) is 0 Å². The Morgan fingerprint density at radius 1 is 1.20 bits per heavy atom. The Kier molecular flexibility index (Phi) is 2.22. The number of hydrogen-bond donors (Lipinski definition) is 4. The first-order chi connectivity index (χ1) is 4.66. The number of nitrogens with two attached hydrogens (primary N) is 1. The van der Waals surface area contributed by atoms with Crippen LogP contribution in [0, 0.1) is 0 Å². The van der Waals surface area contributed by atoms with Crippen molar-refractivity contribution in [1.82, 2.24) is 0 Å². The summed E-state index contributed by atoms with van der Waals surface area (Å²) < 4.78 is 4.67. The summed E-state index contributed by atoms with van der Waals surface area (Å²) in [4.78, 5) is 0. The molecule has 1 unspecified atom stereocenters. The SMILES string of the molecule is NC[C@@H]1OC(O)[C@H](O)[C@H]1O. The van der Waals surface area contributed by atoms with Crippen molar-refractivity contribution in [2.24, 2.45) is 5.73 Å². The second-order valence-corrected chi connectivity index (χ2v) is 2.28. The Bertz CT molecular complexity index is 120. The summed E-state index contributed by atoms with van der Waals surface area (Å²) in [6, 6.07) is 0. The zero-order valence-corrected chi connectivity index (χ0v) is 5.34. The van der Waals surface area contributed by atoms with Crippen molar-refractivity contribution < 1.29 is 20.1 Å². The topological polar surface area (TPSA) is 95.9 Å². The van der Waals surface area contributed by atoms with Crippen molar-refractivity contribution in [2.75, 3.05) is 6.54 Å². The molecule has 0 radical (unpaired) electrons. The summed E-state index contributed by atoms with van der Waals surface area (Å²) in [6.07, 6.45) is -4.25. The summed E-state index contributed by atoms with van der Waals surface area (Å²) in [5.74, 6) is 0. The van der Waals surface area contributed by atoms with E-state index < -0.39 is 24.6 Å². The molecule has 1 aliphatic heterocycles. The highest BCUT2D eigenvalue weighted by molar-refractivity contribution is 4.85. The van der Waals surface area contributed by atoms with Gasteiger partial charge in [-0.1, -0.05) is 0 Å². The van der Waals surface area contributed by atoms with Gasteiger partial charge in [0.25, 0.3) is 0 Å². The maximum atomic E-state index is 9.01. The Morgan fingerprint density at radius 3 is 2.00 bits per heavy atom. The zero-order chi connectivity index (χ0) is 7.72. The molecule has 0 aromatic carbocycles. The van der Waals surface area contributed by atoms with Crippen molar-refractivity contribution in [2.45, 2.75) is 24.6 Å². The smallest absolute Gasteiger partial charge is 0.184 e. The molecule has 4 atom stereocenters. The predicted octanol–water partition coefficient (Wildman–Crippen LogP) is -2.62. The van der Waals surface area contributed by atoms with Gasteiger partial charge in [0, 0.05) is 6.54 Å². The predicted molar refractivity (Wildman–Crippen MR) is 31.9 cm³/mol. The molecule has 0 spiro atoms. The van der Waals surface area contributed by atoms with E-state index in [1.165, 1.54) is 0 Å². The molecule has 1 aliphatic rings. The number of rotatable bonds is 1. The number of ether oxygens (including phenoxy) is 1. The minimum Gasteiger partial charge on any atom is -0.387 e. The molecule has 1 heterocycles. The normalized spacial score (nSPS) is 48.0. The van der Waals surface area contributed by atoms with Gasteiger partial charge >= 0.3 is 0 Å². The van der Waals surface area contributed by atoms with Crippen LogP contribution in [0.25, 0.3) is 0 Å². The van der Waals surface area contributed by atoms with Crippen molar-refractivity contribution in [1.29, 1.82) is 0 Å². The highest BCUT2D eigenvalue weighted by Gasteiger charge is 2.40. The van der Waals surface area contributed by atoms with Gasteiger partial charge in [-0.15, -0.1) is 0 Å². The second kappa shape index (κ2) is 2.81. The molecule has 0 saturated carbocycles. The van der Waals surface area contributed by atoms with E-state index in [-0.39, 0.29) is 6.54 Å². The minimum absolute atomic E-state index is 0.0925. The average Bonchev–Trinajstić information content (AvgIpc) is 2.17. The third kappa shape index (κ3) is 1.14. The van der Waals surface area contributed by atoms with Gasteiger partial charge in [-0.2, -0.15) is 0 Å². The van der Waals surface area contributed by atoms with Crippen LogP contribution in [0.4, 0.5) is 0 Å². The van der Waals surface area contributed by atoms with E-state index in [0.29, 0.717) is 0 Å². The van der Waals surface area contributed by atoms with Gasteiger partial charge in [-0.25, -0.2) is 0 Å². The molecule has 0 aromatic heterocycles. The van der Waals surface area contributed by atoms with Crippen molar-refractivity contribution in [3.05, 3.63) is 0 Å². The molecule has 0 bridgehead atoms. The molecule has 5 nitrogen and oxygen atoms in total. The molecule has 0 aliphatic carbocycles. The average molecular weight is 149 g/mol. The molecule has 0 aromatic rings. The minimum atomic E-state index is -1.30. The molecule has 1 saturated heterocycles. The van der Waals surface area contributed by atoms with Crippen LogP contribution in [0.3, 0.4) is 0 Å². The second-order valence-electron chi connectivity index (χ2n) is 2.28. The summed E-state index contributed by atoms with van der Waals surface area (Å²) in [6.45, 7) is 0.0925. The Morgan fingerprint density at radius 2 is 1.80 bits per heavy atom. The number of hydrogen-bond acceptors (Lipinski definition) is 5. The summed E-state index contributed by atoms with van der Waals surface area (Å²) in [5, 5.41) is 26.7. The van der Waals surface area contributed by atoms with Crippen LogP contribution in [0.5, 0.6) is 0 Å². The lowest BCUT2D eigenvalue weighted by Gasteiger charge is -2.10. The van der Waals surface area contributed by atoms with Crippen LogP contribution < -0.4 is 5.73 Å². The van der Waals surface area contributed by atoms with Gasteiger partial charge in [0.2, 0.25) is 0 Å². The first kappa shape index (κ1) is 7.90. The van der Waals surface area contributed by atoms with Gasteiger partial charge in [0.15, 0.2) is 6.29 Å². The van der Waals surface area contributed by atoms with E-state index in [9.17, 15) is 0 Å². The van der Waals surface area contributed by atoms with Gasteiger partial charge in [0.05, 0.1) is 0 Å². The summed E-state index contributed by atoms with van der Waals surface area (Å²) in [5.41, 5.74) is 5.14. The van der Waals surface area contributed by atoms with Gasteiger partial charge in [-0.3, -0.25) is 0 Å². The van der Waals surface area contributed by atoms with E-state index in [1.807, 2.05) is 0 Å². The van der Waals surface area contributed by atoms with Crippen molar-refractivity contribution in [3.63, 3.8) is 0 Å². The lowest BCUT2D eigenvalue weighted by Crippen LogP contribution is -2.35. The van der Waals surface area contributed by atoms with Crippen LogP contribution in [-0.2, 0) is 4.74 Å². The quantitative estimate of drug-likeness (QED) is 0.327. The largest absolute Gasteiger partial charge is 0.387 e. The highest BCUT2D eigenvalue weighted by Crippen LogP contribution is 2.17. The molecule has 1 rings (SSSR count). The fourth-order valence-electron chi connectivity index (χ4n) is 0.924. The lowest BCUT2D eigenvalue weighted by atomic mass is 10.1. The van der Waals surface area contributed by atoms with Crippen LogP contribution in [-0.4, -0.2) is 46.5 Å². The highest BCUT2D eigenvalue weighted by atomic mass is 16.6. The van der Waals surface area contributed by atoms with E-state index in [1.54, 1.807) is 0 Å². The van der Waals surface area contributed by atoms with Crippen LogP contribution in [0.2, 0.25) is 0 Å². The molecule has 1 fully saturated rings. The Hall–Kier alpha value is -0.200. The molecule has 0 amide bonds. The van der Waals surface area contributed by atoms with Gasteiger partial charge < -0.3 is 25.8 Å². The standard InChI is InChI=1S/C5H11NO4/c6-1-2-3(7)4(8)5(9)10-2/h2-5,7-9H,1,6H2/t2-,3-,4+,5?/m0/s1. The molecule has 60 valence electrons. The third-order valence-electron chi connectivity index (χ3n) is 1.57. The third-order valence-corrected chi connectivity index (χ3v) is 1.57.